The number of fused-ring (bicyclic) bond motifs is 3. The Hall–Kier alpha value is -3.64. The fraction of sp³-hybridized carbons (Fsp3) is 0.250. The van der Waals surface area contributed by atoms with E-state index in [1.807, 2.05) is 28.8 Å². The minimum Gasteiger partial charge on any atom is -0.368 e. The SMILES string of the molecule is Cc1cccc(-c2nnn3c2nc(N2CCN(c4cccc(C)c4C)CC2)c2cc(Cl)ccc23)c1. The standard InChI is InChI=1S/C28H27ClN6/c1-18-6-4-8-21(16-18)26-28-30-27(23-17-22(29)10-11-25(23)35(28)32-31-26)34-14-12-33(13-15-34)24-9-5-7-19(2)20(24)3/h4-11,16-17H,12-15H2,1-3H3. The quantitative estimate of drug-likeness (QED) is 0.323. The molecule has 176 valence electrons. The van der Waals surface area contributed by atoms with Crippen LogP contribution in [-0.4, -0.2) is 46.0 Å². The van der Waals surface area contributed by atoms with E-state index in [9.17, 15) is 0 Å². The van der Waals surface area contributed by atoms with E-state index in [0.29, 0.717) is 5.02 Å². The zero-order chi connectivity index (χ0) is 24.1. The van der Waals surface area contributed by atoms with Crippen molar-refractivity contribution in [2.45, 2.75) is 20.8 Å². The molecule has 35 heavy (non-hydrogen) atoms. The number of benzene rings is 3. The molecule has 1 aliphatic rings. The fourth-order valence-corrected chi connectivity index (χ4v) is 5.20. The van der Waals surface area contributed by atoms with Gasteiger partial charge in [-0.2, -0.15) is 4.52 Å². The molecular formula is C28H27ClN6. The van der Waals surface area contributed by atoms with Crippen LogP contribution in [0.1, 0.15) is 16.7 Å². The molecule has 1 fully saturated rings. The van der Waals surface area contributed by atoms with Crippen molar-refractivity contribution in [3.8, 4) is 11.3 Å². The molecule has 0 bridgehead atoms. The highest BCUT2D eigenvalue weighted by molar-refractivity contribution is 6.31. The predicted octanol–water partition coefficient (Wildman–Crippen LogP) is 5.85. The van der Waals surface area contributed by atoms with Crippen LogP contribution < -0.4 is 9.80 Å². The third-order valence-corrected chi connectivity index (χ3v) is 7.31. The molecular weight excluding hydrogens is 456 g/mol. The van der Waals surface area contributed by atoms with Gasteiger partial charge in [-0.1, -0.05) is 52.7 Å². The third-order valence-electron chi connectivity index (χ3n) is 7.07. The van der Waals surface area contributed by atoms with Gasteiger partial charge in [0.1, 0.15) is 11.5 Å². The largest absolute Gasteiger partial charge is 0.368 e. The lowest BCUT2D eigenvalue weighted by molar-refractivity contribution is 0.648. The van der Waals surface area contributed by atoms with E-state index < -0.39 is 0 Å². The number of rotatable bonds is 3. The smallest absolute Gasteiger partial charge is 0.186 e. The summed E-state index contributed by atoms with van der Waals surface area (Å²) in [5, 5.41) is 10.7. The molecule has 0 aliphatic carbocycles. The molecule has 0 N–H and O–H groups in total. The first-order valence-electron chi connectivity index (χ1n) is 12.0. The Morgan fingerprint density at radius 2 is 1.60 bits per heavy atom. The van der Waals surface area contributed by atoms with Gasteiger partial charge in [0, 0.05) is 47.8 Å². The molecule has 2 aromatic heterocycles. The second-order valence-corrected chi connectivity index (χ2v) is 9.77. The Bertz CT molecular complexity index is 1570. The highest BCUT2D eigenvalue weighted by atomic mass is 35.5. The van der Waals surface area contributed by atoms with Crippen molar-refractivity contribution in [3.63, 3.8) is 0 Å². The maximum atomic E-state index is 6.43. The minimum absolute atomic E-state index is 0.688. The molecule has 6 rings (SSSR count). The van der Waals surface area contributed by atoms with Crippen LogP contribution in [0.4, 0.5) is 11.5 Å². The van der Waals surface area contributed by atoms with E-state index in [1.165, 1.54) is 22.4 Å². The number of hydrogen-bond acceptors (Lipinski definition) is 5. The molecule has 3 aromatic carbocycles. The second kappa shape index (κ2) is 8.54. The number of aromatic nitrogens is 4. The molecule has 0 saturated carbocycles. The maximum absolute atomic E-state index is 6.43. The summed E-state index contributed by atoms with van der Waals surface area (Å²) in [6.07, 6.45) is 0. The van der Waals surface area contributed by atoms with Gasteiger partial charge in [0.05, 0.1) is 5.52 Å². The van der Waals surface area contributed by atoms with Gasteiger partial charge in [0.25, 0.3) is 0 Å². The lowest BCUT2D eigenvalue weighted by Crippen LogP contribution is -2.47. The Morgan fingerprint density at radius 3 is 2.40 bits per heavy atom. The average molecular weight is 483 g/mol. The van der Waals surface area contributed by atoms with Gasteiger partial charge in [-0.15, -0.1) is 5.10 Å². The first-order valence-corrected chi connectivity index (χ1v) is 12.4. The summed E-state index contributed by atoms with van der Waals surface area (Å²) >= 11 is 6.43. The summed E-state index contributed by atoms with van der Waals surface area (Å²) < 4.78 is 1.83. The van der Waals surface area contributed by atoms with Crippen LogP contribution in [0.2, 0.25) is 5.02 Å². The highest BCUT2D eigenvalue weighted by Gasteiger charge is 2.24. The average Bonchev–Trinajstić information content (AvgIpc) is 3.29. The van der Waals surface area contributed by atoms with Gasteiger partial charge >= 0.3 is 0 Å². The van der Waals surface area contributed by atoms with Gasteiger partial charge in [-0.05, 0) is 62.2 Å². The molecule has 1 aliphatic heterocycles. The van der Waals surface area contributed by atoms with Crippen LogP contribution in [0.3, 0.4) is 0 Å². The minimum atomic E-state index is 0.688. The summed E-state index contributed by atoms with van der Waals surface area (Å²) in [5.41, 5.74) is 8.71. The van der Waals surface area contributed by atoms with E-state index >= 15 is 0 Å². The van der Waals surface area contributed by atoms with Crippen molar-refractivity contribution in [1.29, 1.82) is 0 Å². The van der Waals surface area contributed by atoms with E-state index in [2.05, 4.69) is 77.3 Å². The van der Waals surface area contributed by atoms with Gasteiger partial charge in [0.15, 0.2) is 5.65 Å². The first kappa shape index (κ1) is 21.9. The zero-order valence-electron chi connectivity index (χ0n) is 20.2. The van der Waals surface area contributed by atoms with E-state index in [4.69, 9.17) is 16.6 Å². The molecule has 0 unspecified atom stereocenters. The molecule has 0 atom stereocenters. The van der Waals surface area contributed by atoms with Crippen LogP contribution in [-0.2, 0) is 0 Å². The van der Waals surface area contributed by atoms with Crippen molar-refractivity contribution in [3.05, 3.63) is 82.4 Å². The molecule has 1 saturated heterocycles. The molecule has 7 heteroatoms. The number of nitrogens with zero attached hydrogens (tertiary/aromatic N) is 6. The van der Waals surface area contributed by atoms with Crippen molar-refractivity contribution < 1.29 is 0 Å². The summed E-state index contributed by atoms with van der Waals surface area (Å²) in [4.78, 5) is 10.00. The van der Waals surface area contributed by atoms with E-state index in [-0.39, 0.29) is 0 Å². The van der Waals surface area contributed by atoms with Gasteiger partial charge in [0.2, 0.25) is 0 Å². The summed E-state index contributed by atoms with van der Waals surface area (Å²) in [6.45, 7) is 10.1. The van der Waals surface area contributed by atoms with Crippen LogP contribution >= 0.6 is 11.6 Å². The lowest BCUT2D eigenvalue weighted by Gasteiger charge is -2.38. The van der Waals surface area contributed by atoms with E-state index in [0.717, 1.165) is 59.8 Å². The van der Waals surface area contributed by atoms with Gasteiger partial charge in [-0.25, -0.2) is 4.98 Å². The Morgan fingerprint density at radius 1 is 0.829 bits per heavy atom. The molecule has 3 heterocycles. The highest BCUT2D eigenvalue weighted by Crippen LogP contribution is 2.33. The Kier molecular flexibility index (Phi) is 5.33. The van der Waals surface area contributed by atoms with E-state index in [1.54, 1.807) is 0 Å². The Labute approximate surface area is 209 Å². The third kappa shape index (κ3) is 3.78. The second-order valence-electron chi connectivity index (χ2n) is 9.33. The zero-order valence-corrected chi connectivity index (χ0v) is 20.9. The molecule has 0 amide bonds. The molecule has 0 radical (unpaired) electrons. The lowest BCUT2D eigenvalue weighted by atomic mass is 10.1. The number of aryl methyl sites for hydroxylation is 2. The van der Waals surface area contributed by atoms with Crippen molar-refractivity contribution in [2.75, 3.05) is 36.0 Å². The summed E-state index contributed by atoms with van der Waals surface area (Å²) in [7, 11) is 0. The van der Waals surface area contributed by atoms with Crippen LogP contribution in [0.25, 0.3) is 27.8 Å². The monoisotopic (exact) mass is 482 g/mol. The van der Waals surface area contributed by atoms with Crippen LogP contribution in [0, 0.1) is 20.8 Å². The number of halogens is 1. The summed E-state index contributed by atoms with van der Waals surface area (Å²) in [6, 6.07) is 20.8. The van der Waals surface area contributed by atoms with Crippen LogP contribution in [0.15, 0.2) is 60.7 Å². The molecule has 0 spiro atoms. The topological polar surface area (TPSA) is 49.6 Å². The number of hydrogen-bond donors (Lipinski definition) is 0. The Balaban J connectivity index is 1.43. The first-order chi connectivity index (χ1) is 17.0. The predicted molar refractivity (Wildman–Crippen MR) is 144 cm³/mol. The van der Waals surface area contributed by atoms with Crippen LogP contribution in [0.5, 0.6) is 0 Å². The van der Waals surface area contributed by atoms with Crippen molar-refractivity contribution in [1.82, 2.24) is 19.8 Å². The summed E-state index contributed by atoms with van der Waals surface area (Å²) in [5.74, 6) is 0.937. The fourth-order valence-electron chi connectivity index (χ4n) is 5.03. The van der Waals surface area contributed by atoms with Crippen molar-refractivity contribution >= 4 is 39.7 Å². The molecule has 6 nitrogen and oxygen atoms in total. The van der Waals surface area contributed by atoms with Gasteiger partial charge in [-0.3, -0.25) is 0 Å². The molecule has 5 aromatic rings. The number of piperazine rings is 1. The number of anilines is 2. The van der Waals surface area contributed by atoms with Crippen molar-refractivity contribution in [2.24, 2.45) is 0 Å². The maximum Gasteiger partial charge on any atom is 0.186 e. The normalized spacial score (nSPS) is 14.3. The van der Waals surface area contributed by atoms with Gasteiger partial charge < -0.3 is 9.80 Å².